The molecule has 3 heterocycles. The number of nitrogens with one attached hydrogen (secondary N) is 1. The summed E-state index contributed by atoms with van der Waals surface area (Å²) >= 11 is 0. The first kappa shape index (κ1) is 19.4. The summed E-state index contributed by atoms with van der Waals surface area (Å²) in [6.07, 6.45) is 0.854. The number of nitrogens with two attached hydrogens (primary N) is 1. The molecule has 0 unspecified atom stereocenters. The van der Waals surface area contributed by atoms with Gasteiger partial charge in [-0.3, -0.25) is 9.59 Å². The zero-order chi connectivity index (χ0) is 21.6. The van der Waals surface area contributed by atoms with Crippen molar-refractivity contribution in [3.05, 3.63) is 42.0 Å². The number of carbonyl (C=O) groups excluding carboxylic acids is 2. The summed E-state index contributed by atoms with van der Waals surface area (Å²) in [6.45, 7) is 1.68. The van der Waals surface area contributed by atoms with Crippen molar-refractivity contribution in [3.8, 4) is 11.3 Å². The Morgan fingerprint density at radius 3 is 2.81 bits per heavy atom. The Kier molecular flexibility index (Phi) is 4.55. The number of Topliss-reactive ketones (excluding diaryl/α,β-unsaturated/α-hetero) is 1. The van der Waals surface area contributed by atoms with E-state index < -0.39 is 5.60 Å². The largest absolute Gasteiger partial charge is 0.383 e. The summed E-state index contributed by atoms with van der Waals surface area (Å²) in [5.74, 6) is 0.887. The summed E-state index contributed by atoms with van der Waals surface area (Å²) < 4.78 is 5.86. The summed E-state index contributed by atoms with van der Waals surface area (Å²) in [6, 6.07) is 10.9. The minimum Gasteiger partial charge on any atom is -0.383 e. The Morgan fingerprint density at radius 1 is 1.19 bits per heavy atom. The molecular formula is C22H22N6O3. The van der Waals surface area contributed by atoms with Crippen molar-refractivity contribution in [2.45, 2.75) is 18.4 Å². The van der Waals surface area contributed by atoms with Gasteiger partial charge in [-0.15, -0.1) is 0 Å². The molecule has 1 spiro atoms. The van der Waals surface area contributed by atoms with Crippen LogP contribution in [-0.2, 0) is 9.53 Å². The average molecular weight is 418 g/mol. The first-order chi connectivity index (χ1) is 15.0. The van der Waals surface area contributed by atoms with E-state index in [2.05, 4.69) is 15.3 Å². The van der Waals surface area contributed by atoms with Crippen molar-refractivity contribution in [2.75, 3.05) is 37.4 Å². The Hall–Kier alpha value is -3.59. The van der Waals surface area contributed by atoms with E-state index in [1.54, 1.807) is 19.2 Å². The van der Waals surface area contributed by atoms with Crippen LogP contribution < -0.4 is 16.0 Å². The van der Waals surface area contributed by atoms with Crippen molar-refractivity contribution in [3.63, 3.8) is 0 Å². The van der Waals surface area contributed by atoms with Gasteiger partial charge in [0.25, 0.3) is 5.91 Å². The lowest BCUT2D eigenvalue weighted by Crippen LogP contribution is -2.59. The second-order valence-electron chi connectivity index (χ2n) is 7.98. The number of pyridine rings is 1. The zero-order valence-corrected chi connectivity index (χ0v) is 17.1. The molecule has 0 radical (unpaired) electrons. The molecule has 9 heteroatoms. The normalized spacial score (nSPS) is 17.6. The molecule has 0 bridgehead atoms. The maximum Gasteiger partial charge on any atom is 0.251 e. The monoisotopic (exact) mass is 418 g/mol. The van der Waals surface area contributed by atoms with Gasteiger partial charge in [0.05, 0.1) is 29.8 Å². The number of benzene rings is 1. The molecule has 3 N–H and O–H groups in total. The number of ketones is 1. The van der Waals surface area contributed by atoms with E-state index in [1.165, 1.54) is 0 Å². The Morgan fingerprint density at radius 2 is 2.03 bits per heavy atom. The number of fused-ring (bicyclic) bond motifs is 1. The molecule has 1 aliphatic heterocycles. The van der Waals surface area contributed by atoms with E-state index in [0.717, 1.165) is 5.56 Å². The fraction of sp³-hybridized carbons (Fsp3) is 0.318. The van der Waals surface area contributed by atoms with Gasteiger partial charge in [-0.1, -0.05) is 12.1 Å². The standard InChI is InChI=1S/C22H22N6O3/c1-24-20(30)14-4-2-3-13(9-14)17-6-5-16-18(23)26-21(27-19(16)25-17)28-7-8-31-22(12-28)10-15(29)11-22/h2-6,9H,7-8,10-12H2,1H3,(H,24,30)(H2,23,25,26,27). The van der Waals surface area contributed by atoms with Crippen LogP contribution >= 0.6 is 0 Å². The number of morpholine rings is 1. The minimum atomic E-state index is -0.433. The van der Waals surface area contributed by atoms with Crippen molar-refractivity contribution < 1.29 is 14.3 Å². The highest BCUT2D eigenvalue weighted by Gasteiger charge is 2.48. The van der Waals surface area contributed by atoms with Crippen LogP contribution in [0.25, 0.3) is 22.3 Å². The van der Waals surface area contributed by atoms with Crippen molar-refractivity contribution in [2.24, 2.45) is 0 Å². The second kappa shape index (κ2) is 7.28. The SMILES string of the molecule is CNC(=O)c1cccc(-c2ccc3c(N)nc(N4CCOC5(CC(=O)C5)C4)nc3n2)c1. The predicted octanol–water partition coefficient (Wildman–Crippen LogP) is 1.57. The van der Waals surface area contributed by atoms with Crippen molar-refractivity contribution in [1.82, 2.24) is 20.3 Å². The van der Waals surface area contributed by atoms with Crippen molar-refractivity contribution >= 4 is 34.5 Å². The summed E-state index contributed by atoms with van der Waals surface area (Å²) in [5, 5.41) is 3.29. The van der Waals surface area contributed by atoms with E-state index >= 15 is 0 Å². The number of anilines is 2. The number of carbonyl (C=O) groups is 2. The molecule has 158 valence electrons. The number of nitrogen functional groups attached to an aromatic ring is 1. The van der Waals surface area contributed by atoms with Crippen LogP contribution in [0.1, 0.15) is 23.2 Å². The lowest BCUT2D eigenvalue weighted by atomic mass is 9.77. The molecule has 1 aliphatic carbocycles. The summed E-state index contributed by atoms with van der Waals surface area (Å²) in [5.41, 5.74) is 8.31. The molecular weight excluding hydrogens is 396 g/mol. The smallest absolute Gasteiger partial charge is 0.251 e. The maximum absolute atomic E-state index is 12.0. The highest BCUT2D eigenvalue weighted by atomic mass is 16.5. The molecule has 9 nitrogen and oxygen atoms in total. The molecule has 1 saturated carbocycles. The molecule has 1 amide bonds. The third-order valence-corrected chi connectivity index (χ3v) is 5.80. The summed E-state index contributed by atoms with van der Waals surface area (Å²) in [4.78, 5) is 39.3. The highest BCUT2D eigenvalue weighted by Crippen LogP contribution is 2.37. The number of amides is 1. The van der Waals surface area contributed by atoms with E-state index in [4.69, 9.17) is 15.5 Å². The third-order valence-electron chi connectivity index (χ3n) is 5.80. The number of hydrogen-bond donors (Lipinski definition) is 2. The second-order valence-corrected chi connectivity index (χ2v) is 7.98. The van der Waals surface area contributed by atoms with Gasteiger partial charge in [0.1, 0.15) is 11.6 Å². The lowest BCUT2D eigenvalue weighted by molar-refractivity contribution is -0.154. The van der Waals surface area contributed by atoms with Crippen LogP contribution in [0.15, 0.2) is 36.4 Å². The van der Waals surface area contributed by atoms with Gasteiger partial charge in [0.15, 0.2) is 5.65 Å². The fourth-order valence-corrected chi connectivity index (χ4v) is 4.18. The Balaban J connectivity index is 1.50. The molecule has 3 aromatic rings. The number of rotatable bonds is 3. The third kappa shape index (κ3) is 3.46. The highest BCUT2D eigenvalue weighted by molar-refractivity contribution is 5.95. The van der Waals surface area contributed by atoms with E-state index in [1.807, 2.05) is 29.2 Å². The van der Waals surface area contributed by atoms with Crippen LogP contribution in [0.3, 0.4) is 0 Å². The van der Waals surface area contributed by atoms with Crippen LogP contribution in [0.2, 0.25) is 0 Å². The molecule has 0 atom stereocenters. The number of ether oxygens (including phenoxy) is 1. The van der Waals surface area contributed by atoms with Gasteiger partial charge in [-0.05, 0) is 24.3 Å². The van der Waals surface area contributed by atoms with Gasteiger partial charge in [0.2, 0.25) is 5.95 Å². The number of aromatic nitrogens is 3. The lowest BCUT2D eigenvalue weighted by Gasteiger charge is -2.47. The predicted molar refractivity (Wildman–Crippen MR) is 116 cm³/mol. The van der Waals surface area contributed by atoms with Crippen LogP contribution in [0.5, 0.6) is 0 Å². The quantitative estimate of drug-likeness (QED) is 0.657. The molecule has 1 aromatic carbocycles. The fourth-order valence-electron chi connectivity index (χ4n) is 4.18. The first-order valence-electron chi connectivity index (χ1n) is 10.1. The topological polar surface area (TPSA) is 123 Å². The van der Waals surface area contributed by atoms with E-state index in [-0.39, 0.29) is 11.7 Å². The Bertz CT molecular complexity index is 1200. The van der Waals surface area contributed by atoms with Crippen LogP contribution in [-0.4, -0.2) is 59.0 Å². The van der Waals surface area contributed by atoms with E-state index in [0.29, 0.717) is 66.6 Å². The van der Waals surface area contributed by atoms with Gasteiger partial charge in [-0.2, -0.15) is 9.97 Å². The van der Waals surface area contributed by atoms with Crippen molar-refractivity contribution in [1.29, 1.82) is 0 Å². The van der Waals surface area contributed by atoms with Crippen LogP contribution in [0.4, 0.5) is 11.8 Å². The average Bonchev–Trinajstić information content (AvgIpc) is 2.77. The molecule has 2 fully saturated rings. The molecule has 31 heavy (non-hydrogen) atoms. The number of hydrogen-bond acceptors (Lipinski definition) is 8. The van der Waals surface area contributed by atoms with Gasteiger partial charge in [0, 0.05) is 37.6 Å². The van der Waals surface area contributed by atoms with Crippen LogP contribution in [0, 0.1) is 0 Å². The molecule has 5 rings (SSSR count). The zero-order valence-electron chi connectivity index (χ0n) is 17.1. The van der Waals surface area contributed by atoms with Gasteiger partial charge in [-0.25, -0.2) is 4.98 Å². The Labute approximate surface area is 178 Å². The number of nitrogens with zero attached hydrogens (tertiary/aromatic N) is 4. The van der Waals surface area contributed by atoms with Gasteiger partial charge >= 0.3 is 0 Å². The minimum absolute atomic E-state index is 0.160. The molecule has 2 aliphatic rings. The van der Waals surface area contributed by atoms with Gasteiger partial charge < -0.3 is 20.7 Å². The maximum atomic E-state index is 12.0. The summed E-state index contributed by atoms with van der Waals surface area (Å²) in [7, 11) is 1.60. The van der Waals surface area contributed by atoms with E-state index in [9.17, 15) is 9.59 Å². The molecule has 1 saturated heterocycles. The first-order valence-corrected chi connectivity index (χ1v) is 10.1. The molecule has 2 aromatic heterocycles.